The van der Waals surface area contributed by atoms with Crippen LogP contribution in [-0.2, 0) is 9.53 Å². The van der Waals surface area contributed by atoms with Crippen LogP contribution in [-0.4, -0.2) is 69.0 Å². The number of ether oxygens (including phenoxy) is 1. The molecule has 208 valence electrons. The van der Waals surface area contributed by atoms with Gasteiger partial charge >= 0.3 is 0 Å². The van der Waals surface area contributed by atoms with Crippen LogP contribution in [0.5, 0.6) is 0 Å². The first-order chi connectivity index (χ1) is 18.5. The smallest absolute Gasteiger partial charge is 0.241 e. The molecular formula is C30H45N5O3. The number of rotatable bonds is 9. The van der Waals surface area contributed by atoms with Crippen LogP contribution < -0.4 is 5.32 Å². The first kappa shape index (κ1) is 27.1. The number of nitrogens with zero attached hydrogens (tertiary/aromatic N) is 4. The summed E-state index contributed by atoms with van der Waals surface area (Å²) in [5, 5.41) is 18.6. The molecule has 8 heteroatoms. The Morgan fingerprint density at radius 3 is 2.68 bits per heavy atom. The molecule has 0 spiro atoms. The first-order valence-corrected chi connectivity index (χ1v) is 14.9. The van der Waals surface area contributed by atoms with Crippen molar-refractivity contribution in [2.45, 2.75) is 103 Å². The van der Waals surface area contributed by atoms with E-state index < -0.39 is 0 Å². The number of hydrogen-bond acceptors (Lipinski definition) is 6. The molecule has 2 aromatic heterocycles. The molecule has 2 N–H and O–H groups in total. The Bertz CT molecular complexity index is 1110. The average Bonchev–Trinajstić information content (AvgIpc) is 3.32. The van der Waals surface area contributed by atoms with Gasteiger partial charge < -0.3 is 20.1 Å². The highest BCUT2D eigenvalue weighted by atomic mass is 16.5. The van der Waals surface area contributed by atoms with Crippen LogP contribution in [0.15, 0.2) is 18.3 Å². The van der Waals surface area contributed by atoms with Gasteiger partial charge in [0.15, 0.2) is 0 Å². The minimum atomic E-state index is -0.185. The zero-order chi connectivity index (χ0) is 26.5. The van der Waals surface area contributed by atoms with Gasteiger partial charge in [-0.3, -0.25) is 4.79 Å². The van der Waals surface area contributed by atoms with Crippen LogP contribution >= 0.6 is 0 Å². The summed E-state index contributed by atoms with van der Waals surface area (Å²) in [6, 6.07) is 2.64. The molecule has 0 radical (unpaired) electrons. The molecule has 0 bridgehead atoms. The maximum Gasteiger partial charge on any atom is 0.241 e. The number of fused-ring (bicyclic) bond motifs is 1. The van der Waals surface area contributed by atoms with Crippen molar-refractivity contribution >= 4 is 22.9 Å². The third-order valence-corrected chi connectivity index (χ3v) is 8.70. The van der Waals surface area contributed by atoms with Gasteiger partial charge in [-0.1, -0.05) is 32.3 Å². The number of aromatic nitrogens is 3. The summed E-state index contributed by atoms with van der Waals surface area (Å²) in [7, 11) is 0. The lowest BCUT2D eigenvalue weighted by molar-refractivity contribution is -0.139. The Morgan fingerprint density at radius 1 is 1.18 bits per heavy atom. The van der Waals surface area contributed by atoms with Crippen molar-refractivity contribution < 1.29 is 14.6 Å². The predicted molar refractivity (Wildman–Crippen MR) is 150 cm³/mol. The van der Waals surface area contributed by atoms with E-state index in [9.17, 15) is 9.90 Å². The van der Waals surface area contributed by atoms with E-state index >= 15 is 0 Å². The molecule has 3 aliphatic rings. The van der Waals surface area contributed by atoms with Crippen molar-refractivity contribution in [2.24, 2.45) is 5.92 Å². The van der Waals surface area contributed by atoms with Crippen LogP contribution in [0.3, 0.4) is 0 Å². The number of aliphatic hydroxyl groups is 1. The molecule has 8 nitrogen and oxygen atoms in total. The highest BCUT2D eigenvalue weighted by molar-refractivity contribution is 5.83. The lowest BCUT2D eigenvalue weighted by atomic mass is 9.84. The molecule has 38 heavy (non-hydrogen) atoms. The Morgan fingerprint density at radius 2 is 1.97 bits per heavy atom. The summed E-state index contributed by atoms with van der Waals surface area (Å²) in [4.78, 5) is 19.7. The third kappa shape index (κ3) is 6.23. The minimum absolute atomic E-state index is 0.0614. The van der Waals surface area contributed by atoms with E-state index in [2.05, 4.69) is 35.8 Å². The second kappa shape index (κ2) is 12.6. The fourth-order valence-electron chi connectivity index (χ4n) is 6.34. The van der Waals surface area contributed by atoms with Gasteiger partial charge in [-0.2, -0.15) is 0 Å². The van der Waals surface area contributed by atoms with Crippen molar-refractivity contribution in [3.05, 3.63) is 29.6 Å². The molecule has 5 rings (SSSR count). The molecule has 0 aromatic carbocycles. The van der Waals surface area contributed by atoms with E-state index in [4.69, 9.17) is 14.8 Å². The quantitative estimate of drug-likeness (QED) is 0.441. The third-order valence-electron chi connectivity index (χ3n) is 8.70. The summed E-state index contributed by atoms with van der Waals surface area (Å²) in [5.41, 5.74) is 4.76. The number of carbonyl (C=O) groups is 1. The molecule has 1 aliphatic heterocycles. The predicted octanol–water partition coefficient (Wildman–Crippen LogP) is 5.17. The maximum atomic E-state index is 13.0. The normalized spacial score (nSPS) is 25.3. The SMILES string of the molecule is CCCCC[C@H](C)Nc1ncc2c(C3=CC[C@@H](C(=O)N4CCOCC4)CC3)cc(C3CCC(O)CC3)n2n1. The fourth-order valence-corrected chi connectivity index (χ4v) is 6.34. The van der Waals surface area contributed by atoms with Crippen LogP contribution in [0, 0.1) is 5.92 Å². The van der Waals surface area contributed by atoms with Crippen LogP contribution in [0.4, 0.5) is 5.95 Å². The van der Waals surface area contributed by atoms with Gasteiger partial charge in [0.05, 0.1) is 31.0 Å². The second-order valence-corrected chi connectivity index (χ2v) is 11.5. The standard InChI is InChI=1S/C30H45N5O3/c1-3-4-5-6-21(2)32-30-31-20-28-26(19-27(35(28)33-30)23-11-13-25(36)14-12-23)22-7-9-24(10-8-22)29(37)34-15-17-38-18-16-34/h7,19-21,23-25,36H,3-6,8-18H2,1-2H3,(H,32,33)/t21-,23?,24+,25?/m0/s1. The van der Waals surface area contributed by atoms with Crippen molar-refractivity contribution in [1.82, 2.24) is 19.5 Å². The second-order valence-electron chi connectivity index (χ2n) is 11.5. The number of hydrogen-bond donors (Lipinski definition) is 2. The number of allylic oxidation sites excluding steroid dienone is 2. The molecule has 1 saturated heterocycles. The fraction of sp³-hybridized carbons (Fsp3) is 0.700. The topological polar surface area (TPSA) is 92.0 Å². The Kier molecular flexibility index (Phi) is 9.00. The largest absolute Gasteiger partial charge is 0.393 e. The number of carbonyl (C=O) groups excluding carboxylic acids is 1. The zero-order valence-electron chi connectivity index (χ0n) is 23.2. The molecular weight excluding hydrogens is 478 g/mol. The van der Waals surface area contributed by atoms with Gasteiger partial charge in [-0.15, -0.1) is 5.10 Å². The monoisotopic (exact) mass is 523 g/mol. The van der Waals surface area contributed by atoms with Gasteiger partial charge in [-0.05, 0) is 69.9 Å². The molecule has 3 heterocycles. The molecule has 1 saturated carbocycles. The Hall–Kier alpha value is -2.45. The lowest BCUT2D eigenvalue weighted by Crippen LogP contribution is -2.44. The van der Waals surface area contributed by atoms with E-state index in [-0.39, 0.29) is 17.9 Å². The number of nitrogens with one attached hydrogen (secondary N) is 1. The highest BCUT2D eigenvalue weighted by Crippen LogP contribution is 2.39. The Labute approximate surface area is 226 Å². The first-order valence-electron chi connectivity index (χ1n) is 14.9. The summed E-state index contributed by atoms with van der Waals surface area (Å²) < 4.78 is 7.53. The van der Waals surface area contributed by atoms with Crippen molar-refractivity contribution in [2.75, 3.05) is 31.6 Å². The average molecular weight is 524 g/mol. The lowest BCUT2D eigenvalue weighted by Gasteiger charge is -2.31. The number of anilines is 1. The molecule has 2 fully saturated rings. The molecule has 1 amide bonds. The van der Waals surface area contributed by atoms with E-state index in [0.717, 1.165) is 56.9 Å². The number of unbranched alkanes of at least 4 members (excludes halogenated alkanes) is 2. The van der Waals surface area contributed by atoms with Gasteiger partial charge in [0.2, 0.25) is 11.9 Å². The van der Waals surface area contributed by atoms with E-state index in [1.54, 1.807) is 0 Å². The van der Waals surface area contributed by atoms with Crippen molar-refractivity contribution in [3.63, 3.8) is 0 Å². The van der Waals surface area contributed by atoms with Crippen molar-refractivity contribution in [1.29, 1.82) is 0 Å². The number of morpholine rings is 1. The van der Waals surface area contributed by atoms with Crippen LogP contribution in [0.2, 0.25) is 0 Å². The maximum absolute atomic E-state index is 13.0. The van der Waals surface area contributed by atoms with E-state index in [1.165, 1.54) is 36.1 Å². The molecule has 0 unspecified atom stereocenters. The minimum Gasteiger partial charge on any atom is -0.393 e. The summed E-state index contributed by atoms with van der Waals surface area (Å²) >= 11 is 0. The van der Waals surface area contributed by atoms with Gasteiger partial charge in [0.25, 0.3) is 0 Å². The summed E-state index contributed by atoms with van der Waals surface area (Å²) in [5.74, 6) is 1.39. The van der Waals surface area contributed by atoms with Gasteiger partial charge in [0, 0.05) is 42.2 Å². The zero-order valence-corrected chi connectivity index (χ0v) is 23.2. The summed E-state index contributed by atoms with van der Waals surface area (Å²) in [6.07, 6.45) is 15.0. The molecule has 2 atom stereocenters. The highest BCUT2D eigenvalue weighted by Gasteiger charge is 2.30. The van der Waals surface area contributed by atoms with Crippen LogP contribution in [0.1, 0.15) is 102 Å². The van der Waals surface area contributed by atoms with E-state index in [0.29, 0.717) is 44.2 Å². The van der Waals surface area contributed by atoms with Gasteiger partial charge in [0.1, 0.15) is 0 Å². The van der Waals surface area contributed by atoms with Crippen LogP contribution in [0.25, 0.3) is 11.1 Å². The van der Waals surface area contributed by atoms with Crippen molar-refractivity contribution in [3.8, 4) is 0 Å². The molecule has 2 aliphatic carbocycles. The van der Waals surface area contributed by atoms with Gasteiger partial charge in [-0.25, -0.2) is 9.50 Å². The Balaban J connectivity index is 1.38. The molecule has 2 aromatic rings. The number of aliphatic hydroxyl groups excluding tert-OH is 1. The number of amides is 1. The van der Waals surface area contributed by atoms with E-state index in [1.807, 2.05) is 11.1 Å². The summed E-state index contributed by atoms with van der Waals surface area (Å²) in [6.45, 7) is 7.14.